The third kappa shape index (κ3) is 2.51. The fourth-order valence-corrected chi connectivity index (χ4v) is 1.59. The molecule has 0 N–H and O–H groups in total. The van der Waals surface area contributed by atoms with Crippen molar-refractivity contribution in [1.29, 1.82) is 5.26 Å². The zero-order chi connectivity index (χ0) is 12.1. The monoisotopic (exact) mass is 218 g/mol. The van der Waals surface area contributed by atoms with Crippen molar-refractivity contribution >= 4 is 11.7 Å². The highest BCUT2D eigenvalue weighted by atomic mass is 16.5. The van der Waals surface area contributed by atoms with Gasteiger partial charge in [-0.1, -0.05) is 12.1 Å². The highest BCUT2D eigenvalue weighted by Crippen LogP contribution is 2.23. The van der Waals surface area contributed by atoms with Gasteiger partial charge in [0.25, 0.3) is 0 Å². The fraction of sp³-hybridized carbons (Fsp3) is 0.333. The van der Waals surface area contributed by atoms with Gasteiger partial charge < -0.3 is 9.64 Å². The topological polar surface area (TPSA) is 53.3 Å². The molecule has 1 aromatic carbocycles. The average Bonchev–Trinajstić information content (AvgIpc) is 2.28. The van der Waals surface area contributed by atoms with Crippen LogP contribution < -0.4 is 4.90 Å². The van der Waals surface area contributed by atoms with Crippen LogP contribution in [0.3, 0.4) is 0 Å². The van der Waals surface area contributed by atoms with Crippen LogP contribution in [0.2, 0.25) is 0 Å². The Morgan fingerprint density at radius 3 is 2.81 bits per heavy atom. The third-order valence-electron chi connectivity index (χ3n) is 2.33. The number of hydrogen-bond donors (Lipinski definition) is 0. The van der Waals surface area contributed by atoms with Gasteiger partial charge in [-0.05, 0) is 18.6 Å². The Kier molecular flexibility index (Phi) is 3.90. The number of para-hydroxylation sites is 1. The number of benzene rings is 1. The van der Waals surface area contributed by atoms with E-state index in [2.05, 4.69) is 10.8 Å². The zero-order valence-corrected chi connectivity index (χ0v) is 9.65. The number of methoxy groups -OCH3 is 1. The van der Waals surface area contributed by atoms with Crippen molar-refractivity contribution in [2.75, 3.05) is 25.6 Å². The molecule has 1 aromatic rings. The highest BCUT2D eigenvalue weighted by Gasteiger charge is 2.13. The van der Waals surface area contributed by atoms with Crippen molar-refractivity contribution in [3.05, 3.63) is 29.3 Å². The summed E-state index contributed by atoms with van der Waals surface area (Å²) in [7, 11) is 3.11. The van der Waals surface area contributed by atoms with Crippen LogP contribution in [-0.2, 0) is 9.53 Å². The average molecular weight is 218 g/mol. The van der Waals surface area contributed by atoms with Crippen LogP contribution in [0.25, 0.3) is 0 Å². The van der Waals surface area contributed by atoms with Crippen molar-refractivity contribution in [1.82, 2.24) is 0 Å². The summed E-state index contributed by atoms with van der Waals surface area (Å²) in [6, 6.07) is 7.58. The third-order valence-corrected chi connectivity index (χ3v) is 2.33. The predicted octanol–water partition coefficient (Wildman–Crippen LogP) is 1.48. The number of esters is 1. The molecule has 0 spiro atoms. The maximum atomic E-state index is 11.2. The van der Waals surface area contributed by atoms with E-state index in [1.807, 2.05) is 19.1 Å². The Hall–Kier alpha value is -2.02. The van der Waals surface area contributed by atoms with Crippen LogP contribution in [0.5, 0.6) is 0 Å². The number of nitriles is 1. The summed E-state index contributed by atoms with van der Waals surface area (Å²) in [4.78, 5) is 12.9. The first kappa shape index (κ1) is 12.1. The van der Waals surface area contributed by atoms with Crippen molar-refractivity contribution in [3.8, 4) is 6.07 Å². The van der Waals surface area contributed by atoms with Gasteiger partial charge in [0.15, 0.2) is 0 Å². The van der Waals surface area contributed by atoms with Crippen LogP contribution in [0.1, 0.15) is 11.1 Å². The number of carbonyl (C=O) groups excluding carboxylic acids is 1. The van der Waals surface area contributed by atoms with E-state index in [0.717, 1.165) is 11.3 Å². The van der Waals surface area contributed by atoms with E-state index in [-0.39, 0.29) is 12.5 Å². The lowest BCUT2D eigenvalue weighted by molar-refractivity contribution is -0.138. The molecule has 0 unspecified atom stereocenters. The summed E-state index contributed by atoms with van der Waals surface area (Å²) >= 11 is 0. The van der Waals surface area contributed by atoms with E-state index in [4.69, 9.17) is 5.26 Å². The standard InChI is InChI=1S/C12H14N2O2/c1-9-5-4-6-10(7-13)12(9)14(2)8-11(15)16-3/h4-6H,8H2,1-3H3. The number of carbonyl (C=O) groups is 1. The molecule has 0 saturated carbocycles. The molecular weight excluding hydrogens is 204 g/mol. The molecule has 1 rings (SSSR count). The number of anilines is 1. The Morgan fingerprint density at radius 1 is 1.56 bits per heavy atom. The van der Waals surface area contributed by atoms with E-state index in [0.29, 0.717) is 5.56 Å². The first-order valence-corrected chi connectivity index (χ1v) is 4.87. The largest absolute Gasteiger partial charge is 0.468 e. The highest BCUT2D eigenvalue weighted by molar-refractivity contribution is 5.77. The van der Waals surface area contributed by atoms with Crippen molar-refractivity contribution in [3.63, 3.8) is 0 Å². The SMILES string of the molecule is COC(=O)CN(C)c1c(C)cccc1C#N. The summed E-state index contributed by atoms with van der Waals surface area (Å²) in [5.41, 5.74) is 2.30. The first-order valence-electron chi connectivity index (χ1n) is 4.87. The summed E-state index contributed by atoms with van der Waals surface area (Å²) in [6.07, 6.45) is 0. The maximum Gasteiger partial charge on any atom is 0.325 e. The first-order chi connectivity index (χ1) is 7.60. The van der Waals surface area contributed by atoms with Crippen LogP contribution in [0, 0.1) is 18.3 Å². The Labute approximate surface area is 95.0 Å². The molecule has 4 heteroatoms. The van der Waals surface area contributed by atoms with Crippen LogP contribution >= 0.6 is 0 Å². The summed E-state index contributed by atoms with van der Waals surface area (Å²) in [5.74, 6) is -0.324. The van der Waals surface area contributed by atoms with Crippen molar-refractivity contribution < 1.29 is 9.53 Å². The minimum atomic E-state index is -0.324. The van der Waals surface area contributed by atoms with Gasteiger partial charge in [0.05, 0.1) is 18.4 Å². The lowest BCUT2D eigenvalue weighted by atomic mass is 10.1. The second-order valence-corrected chi connectivity index (χ2v) is 3.52. The molecule has 0 atom stereocenters. The lowest BCUT2D eigenvalue weighted by Gasteiger charge is -2.21. The minimum absolute atomic E-state index is 0.135. The summed E-state index contributed by atoms with van der Waals surface area (Å²) in [6.45, 7) is 2.04. The van der Waals surface area contributed by atoms with Gasteiger partial charge in [-0.2, -0.15) is 5.26 Å². The van der Waals surface area contributed by atoms with Crippen molar-refractivity contribution in [2.45, 2.75) is 6.92 Å². The molecule has 84 valence electrons. The van der Waals surface area contributed by atoms with Crippen LogP contribution in [0.4, 0.5) is 5.69 Å². The lowest BCUT2D eigenvalue weighted by Crippen LogP contribution is -2.27. The van der Waals surface area contributed by atoms with Gasteiger partial charge in [-0.25, -0.2) is 0 Å². The van der Waals surface area contributed by atoms with Crippen LogP contribution in [-0.4, -0.2) is 26.7 Å². The molecule has 0 fully saturated rings. The smallest absolute Gasteiger partial charge is 0.325 e. The molecule has 4 nitrogen and oxygen atoms in total. The van der Waals surface area contributed by atoms with E-state index in [1.165, 1.54) is 7.11 Å². The second-order valence-electron chi connectivity index (χ2n) is 3.52. The Balaban J connectivity index is 3.03. The summed E-state index contributed by atoms with van der Waals surface area (Å²) in [5, 5.41) is 8.99. The molecule has 0 saturated heterocycles. The van der Waals surface area contributed by atoms with Crippen LogP contribution in [0.15, 0.2) is 18.2 Å². The molecular formula is C12H14N2O2. The minimum Gasteiger partial charge on any atom is -0.468 e. The molecule has 0 aromatic heterocycles. The van der Waals surface area contributed by atoms with Gasteiger partial charge >= 0.3 is 5.97 Å². The van der Waals surface area contributed by atoms with Gasteiger partial charge in [0.2, 0.25) is 0 Å². The number of nitrogens with zero attached hydrogens (tertiary/aromatic N) is 2. The number of aryl methyl sites for hydroxylation is 1. The molecule has 0 aliphatic rings. The van der Waals surface area contributed by atoms with Gasteiger partial charge in [-0.3, -0.25) is 4.79 Å². The molecule has 0 aliphatic carbocycles. The van der Waals surface area contributed by atoms with E-state index in [9.17, 15) is 4.79 Å². The molecule has 0 heterocycles. The fourth-order valence-electron chi connectivity index (χ4n) is 1.59. The number of likely N-dealkylation sites (N-methyl/N-ethyl adjacent to an activating group) is 1. The van der Waals surface area contributed by atoms with E-state index in [1.54, 1.807) is 18.0 Å². The van der Waals surface area contributed by atoms with Gasteiger partial charge in [0, 0.05) is 7.05 Å². The van der Waals surface area contributed by atoms with E-state index >= 15 is 0 Å². The molecule has 0 aliphatic heterocycles. The van der Waals surface area contributed by atoms with Gasteiger partial charge in [-0.15, -0.1) is 0 Å². The zero-order valence-electron chi connectivity index (χ0n) is 9.65. The second kappa shape index (κ2) is 5.17. The van der Waals surface area contributed by atoms with E-state index < -0.39 is 0 Å². The number of ether oxygens (including phenoxy) is 1. The molecule has 0 amide bonds. The number of hydrogen-bond acceptors (Lipinski definition) is 4. The quantitative estimate of drug-likeness (QED) is 0.721. The Bertz CT molecular complexity index is 435. The number of rotatable bonds is 3. The van der Waals surface area contributed by atoms with Crippen molar-refractivity contribution in [2.24, 2.45) is 0 Å². The maximum absolute atomic E-state index is 11.2. The predicted molar refractivity (Wildman–Crippen MR) is 61.2 cm³/mol. The molecule has 16 heavy (non-hydrogen) atoms. The normalized spacial score (nSPS) is 9.38. The Morgan fingerprint density at radius 2 is 2.25 bits per heavy atom. The summed E-state index contributed by atoms with van der Waals surface area (Å²) < 4.78 is 4.59. The van der Waals surface area contributed by atoms with Gasteiger partial charge in [0.1, 0.15) is 12.6 Å². The molecule has 0 bridgehead atoms. The molecule has 0 radical (unpaired) electrons.